The fourth-order valence-electron chi connectivity index (χ4n) is 3.29. The summed E-state index contributed by atoms with van der Waals surface area (Å²) in [5, 5.41) is 3.28. The first-order chi connectivity index (χ1) is 13.0. The van der Waals surface area contributed by atoms with Gasteiger partial charge < -0.3 is 25.3 Å². The Labute approximate surface area is 160 Å². The normalized spacial score (nSPS) is 21.6. The predicted molar refractivity (Wildman–Crippen MR) is 102 cm³/mol. The van der Waals surface area contributed by atoms with Crippen LogP contribution in [-0.4, -0.2) is 44.0 Å². The van der Waals surface area contributed by atoms with Gasteiger partial charge in [0.15, 0.2) is 12.2 Å². The Morgan fingerprint density at radius 1 is 1.15 bits per heavy atom. The van der Waals surface area contributed by atoms with Gasteiger partial charge in [-0.25, -0.2) is 4.79 Å². The van der Waals surface area contributed by atoms with Crippen molar-refractivity contribution in [2.45, 2.75) is 63.7 Å². The number of primary amides is 1. The van der Waals surface area contributed by atoms with Crippen LogP contribution in [0.15, 0.2) is 24.3 Å². The van der Waals surface area contributed by atoms with Crippen LogP contribution >= 0.6 is 0 Å². The first-order valence-electron chi connectivity index (χ1n) is 9.55. The van der Waals surface area contributed by atoms with Gasteiger partial charge in [-0.1, -0.05) is 38.3 Å². The molecule has 0 saturated carbocycles. The summed E-state index contributed by atoms with van der Waals surface area (Å²) >= 11 is 0. The summed E-state index contributed by atoms with van der Waals surface area (Å²) in [7, 11) is 1.62. The van der Waals surface area contributed by atoms with E-state index in [0.717, 1.165) is 37.0 Å². The number of rotatable bonds is 10. The van der Waals surface area contributed by atoms with Crippen LogP contribution in [0.4, 0.5) is 4.79 Å². The van der Waals surface area contributed by atoms with Crippen LogP contribution in [0.5, 0.6) is 5.75 Å². The highest BCUT2D eigenvalue weighted by Gasteiger charge is 2.41. The maximum atomic E-state index is 12.1. The second kappa shape index (κ2) is 10.8. The standard InChI is InChI=1S/C20H30N2O5/c1-3-4-5-6-7-18(23)26-17-13-22-16(19(17)27-20(21)24)12-14-8-10-15(25-2)11-9-14/h8-11,16-17,19,22H,3-7,12-13H2,1-2H3,(H2,21,24)/t16-,17+,19+/m0/s1. The van der Waals surface area contributed by atoms with Crippen LogP contribution in [-0.2, 0) is 20.7 Å². The van der Waals surface area contributed by atoms with Crippen molar-refractivity contribution in [1.29, 1.82) is 0 Å². The van der Waals surface area contributed by atoms with Crippen molar-refractivity contribution in [2.24, 2.45) is 5.73 Å². The quantitative estimate of drug-likeness (QED) is 0.479. The second-order valence-corrected chi connectivity index (χ2v) is 6.81. The minimum Gasteiger partial charge on any atom is -0.497 e. The molecule has 0 bridgehead atoms. The molecule has 0 spiro atoms. The molecule has 2 rings (SSSR count). The molecule has 1 aliphatic rings. The minimum absolute atomic E-state index is 0.177. The van der Waals surface area contributed by atoms with E-state index in [0.29, 0.717) is 19.4 Å². The van der Waals surface area contributed by atoms with Gasteiger partial charge in [-0.2, -0.15) is 0 Å². The van der Waals surface area contributed by atoms with Crippen LogP contribution < -0.4 is 15.8 Å². The smallest absolute Gasteiger partial charge is 0.404 e. The molecule has 1 heterocycles. The molecule has 1 aromatic carbocycles. The van der Waals surface area contributed by atoms with E-state index in [1.165, 1.54) is 0 Å². The van der Waals surface area contributed by atoms with E-state index in [2.05, 4.69) is 12.2 Å². The fraction of sp³-hybridized carbons (Fsp3) is 0.600. The van der Waals surface area contributed by atoms with Crippen LogP contribution in [0, 0.1) is 0 Å². The van der Waals surface area contributed by atoms with E-state index in [-0.39, 0.29) is 12.0 Å². The van der Waals surface area contributed by atoms with E-state index in [1.54, 1.807) is 7.11 Å². The number of unbranched alkanes of at least 4 members (excludes halogenated alkanes) is 3. The van der Waals surface area contributed by atoms with Gasteiger partial charge in [-0.3, -0.25) is 4.79 Å². The van der Waals surface area contributed by atoms with Crippen molar-refractivity contribution in [1.82, 2.24) is 5.32 Å². The lowest BCUT2D eigenvalue weighted by Gasteiger charge is -2.23. The van der Waals surface area contributed by atoms with Gasteiger partial charge in [0, 0.05) is 13.0 Å². The van der Waals surface area contributed by atoms with Gasteiger partial charge in [0.2, 0.25) is 0 Å². The second-order valence-electron chi connectivity index (χ2n) is 6.81. The van der Waals surface area contributed by atoms with Gasteiger partial charge >= 0.3 is 12.1 Å². The summed E-state index contributed by atoms with van der Waals surface area (Å²) in [4.78, 5) is 23.4. The van der Waals surface area contributed by atoms with Gasteiger partial charge in [0.05, 0.1) is 13.2 Å². The molecule has 3 N–H and O–H groups in total. The zero-order chi connectivity index (χ0) is 19.6. The molecule has 7 heteroatoms. The summed E-state index contributed by atoms with van der Waals surface area (Å²) in [6.45, 7) is 2.55. The van der Waals surface area contributed by atoms with Gasteiger partial charge in [-0.05, 0) is 30.5 Å². The number of amides is 1. The Balaban J connectivity index is 1.93. The number of hydrogen-bond donors (Lipinski definition) is 2. The Bertz CT molecular complexity index is 605. The number of carbonyl (C=O) groups is 2. The number of hydrogen-bond acceptors (Lipinski definition) is 6. The summed E-state index contributed by atoms with van der Waals surface area (Å²) in [6, 6.07) is 7.48. The molecular weight excluding hydrogens is 348 g/mol. The highest BCUT2D eigenvalue weighted by atomic mass is 16.6. The minimum atomic E-state index is -0.868. The van der Waals surface area contributed by atoms with E-state index in [9.17, 15) is 9.59 Å². The maximum Gasteiger partial charge on any atom is 0.404 e. The number of benzene rings is 1. The zero-order valence-electron chi connectivity index (χ0n) is 16.1. The van der Waals surface area contributed by atoms with Gasteiger partial charge in [-0.15, -0.1) is 0 Å². The lowest BCUT2D eigenvalue weighted by Crippen LogP contribution is -2.41. The topological polar surface area (TPSA) is 99.9 Å². The molecule has 3 atom stereocenters. The summed E-state index contributed by atoms with van der Waals surface area (Å²) in [5.41, 5.74) is 6.28. The molecule has 1 amide bonds. The average Bonchev–Trinajstić information content (AvgIpc) is 3.00. The highest BCUT2D eigenvalue weighted by Crippen LogP contribution is 2.21. The first kappa shape index (κ1) is 21.0. The van der Waals surface area contributed by atoms with E-state index >= 15 is 0 Å². The Kier molecular flexibility index (Phi) is 8.39. The van der Waals surface area contributed by atoms with Crippen molar-refractivity contribution < 1.29 is 23.8 Å². The SMILES string of the molecule is CCCCCCC(=O)O[C@@H]1CN[C@@H](Cc2ccc(OC)cc2)[C@H]1OC(N)=O. The largest absolute Gasteiger partial charge is 0.497 e. The molecule has 1 saturated heterocycles. The van der Waals surface area contributed by atoms with Gasteiger partial charge in [0.25, 0.3) is 0 Å². The lowest BCUT2D eigenvalue weighted by molar-refractivity contribution is -0.152. The molecule has 1 fully saturated rings. The first-order valence-corrected chi connectivity index (χ1v) is 9.55. The number of ether oxygens (including phenoxy) is 3. The molecule has 7 nitrogen and oxygen atoms in total. The summed E-state index contributed by atoms with van der Waals surface area (Å²) in [5.74, 6) is 0.513. The summed E-state index contributed by atoms with van der Waals surface area (Å²) < 4.78 is 16.0. The molecule has 0 aliphatic carbocycles. The van der Waals surface area contributed by atoms with Crippen molar-refractivity contribution in [2.75, 3.05) is 13.7 Å². The molecular formula is C20H30N2O5. The molecule has 150 valence electrons. The van der Waals surface area contributed by atoms with E-state index in [1.807, 2.05) is 24.3 Å². The number of carbonyl (C=O) groups excluding carboxylic acids is 2. The van der Waals surface area contributed by atoms with E-state index < -0.39 is 18.3 Å². The molecule has 0 radical (unpaired) electrons. The third-order valence-electron chi connectivity index (χ3n) is 4.73. The fourth-order valence-corrected chi connectivity index (χ4v) is 3.29. The van der Waals surface area contributed by atoms with Crippen molar-refractivity contribution >= 4 is 12.1 Å². The van der Waals surface area contributed by atoms with E-state index in [4.69, 9.17) is 19.9 Å². The zero-order valence-corrected chi connectivity index (χ0v) is 16.1. The monoisotopic (exact) mass is 378 g/mol. The lowest BCUT2D eigenvalue weighted by atomic mass is 10.0. The van der Waals surface area contributed by atoms with Crippen molar-refractivity contribution in [3.8, 4) is 5.75 Å². The Morgan fingerprint density at radius 2 is 1.89 bits per heavy atom. The highest BCUT2D eigenvalue weighted by molar-refractivity contribution is 5.70. The number of nitrogens with two attached hydrogens (primary N) is 1. The third kappa shape index (κ3) is 6.75. The Morgan fingerprint density at radius 3 is 2.52 bits per heavy atom. The van der Waals surface area contributed by atoms with Crippen LogP contribution in [0.3, 0.4) is 0 Å². The number of methoxy groups -OCH3 is 1. The number of nitrogens with one attached hydrogen (secondary N) is 1. The average molecular weight is 378 g/mol. The Hall–Kier alpha value is -2.28. The summed E-state index contributed by atoms with van der Waals surface area (Å²) in [6.07, 6.45) is 3.03. The van der Waals surface area contributed by atoms with Gasteiger partial charge in [0.1, 0.15) is 5.75 Å². The molecule has 1 aliphatic heterocycles. The van der Waals surface area contributed by atoms with Crippen LogP contribution in [0.1, 0.15) is 44.6 Å². The van der Waals surface area contributed by atoms with Crippen molar-refractivity contribution in [3.05, 3.63) is 29.8 Å². The molecule has 27 heavy (non-hydrogen) atoms. The van der Waals surface area contributed by atoms with Crippen molar-refractivity contribution in [3.63, 3.8) is 0 Å². The molecule has 1 aromatic rings. The van der Waals surface area contributed by atoms with Crippen LogP contribution in [0.2, 0.25) is 0 Å². The molecule has 0 unspecified atom stereocenters. The predicted octanol–water partition coefficient (Wildman–Crippen LogP) is 2.56. The number of esters is 1. The maximum absolute atomic E-state index is 12.1. The third-order valence-corrected chi connectivity index (χ3v) is 4.73. The molecule has 0 aromatic heterocycles. The van der Waals surface area contributed by atoms with Crippen LogP contribution in [0.25, 0.3) is 0 Å².